The van der Waals surface area contributed by atoms with Crippen LogP contribution in [0.1, 0.15) is 44.5 Å². The summed E-state index contributed by atoms with van der Waals surface area (Å²) in [5.74, 6) is 1.00. The van der Waals surface area contributed by atoms with Crippen molar-refractivity contribution in [2.45, 2.75) is 33.1 Å². The minimum atomic E-state index is 0.890. The van der Waals surface area contributed by atoms with Gasteiger partial charge >= 0.3 is 0 Å². The molecule has 4 nitrogen and oxygen atoms in total. The van der Waals surface area contributed by atoms with Crippen molar-refractivity contribution in [1.82, 2.24) is 18.9 Å². The van der Waals surface area contributed by atoms with Gasteiger partial charge in [0.2, 0.25) is 0 Å². The zero-order valence-electron chi connectivity index (χ0n) is 27.8. The number of rotatable bonds is 6. The van der Waals surface area contributed by atoms with Gasteiger partial charge in [-0.3, -0.25) is 8.97 Å². The molecule has 0 atom stereocenters. The van der Waals surface area contributed by atoms with Gasteiger partial charge in [-0.2, -0.15) is 0 Å². The molecule has 9 rings (SSSR count). The van der Waals surface area contributed by atoms with Crippen LogP contribution in [0.25, 0.3) is 66.2 Å². The number of para-hydroxylation sites is 6. The average Bonchev–Trinajstić information content (AvgIpc) is 3.75. The topological polar surface area (TPSA) is 35.1 Å². The normalized spacial score (nSPS) is 14.3. The summed E-state index contributed by atoms with van der Waals surface area (Å²) in [5, 5.41) is 3.69. The van der Waals surface area contributed by atoms with E-state index in [-0.39, 0.29) is 0 Å². The van der Waals surface area contributed by atoms with Crippen LogP contribution in [0.15, 0.2) is 157 Å². The lowest BCUT2D eigenvalue weighted by Gasteiger charge is -2.17. The highest BCUT2D eigenvalue weighted by molar-refractivity contribution is 6.14. The summed E-state index contributed by atoms with van der Waals surface area (Å²) in [6.07, 6.45) is 12.1. The predicted molar refractivity (Wildman–Crippen MR) is 206 cm³/mol. The first-order chi connectivity index (χ1) is 24.2. The third-order valence-electron chi connectivity index (χ3n) is 10.1. The highest BCUT2D eigenvalue weighted by Crippen LogP contribution is 2.36. The average molecular weight is 633 g/mol. The highest BCUT2D eigenvalue weighted by Gasteiger charge is 2.17. The van der Waals surface area contributed by atoms with Gasteiger partial charge in [-0.15, -0.1) is 0 Å². The maximum absolute atomic E-state index is 5.10. The summed E-state index contributed by atoms with van der Waals surface area (Å²) in [4.78, 5) is 10.2. The third-order valence-corrected chi connectivity index (χ3v) is 10.1. The maximum atomic E-state index is 5.10. The van der Waals surface area contributed by atoms with E-state index in [1.165, 1.54) is 49.5 Å². The first-order valence-corrected chi connectivity index (χ1v) is 17.2. The number of fused-ring (bicyclic) bond motifs is 9. The Balaban J connectivity index is 1.07. The molecule has 0 saturated heterocycles. The minimum Gasteiger partial charge on any atom is -0.293 e. The van der Waals surface area contributed by atoms with Crippen LogP contribution in [0.4, 0.5) is 0 Å². The Bertz CT molecular complexity index is 2700. The SMILES string of the molecule is CC/C(=C\C=C(/C)C1=CC=C(c2ccc3c(c2)c2ccccc2n2c4ccccc4nc32)CC1)c1nc2ccccc2n1-c1ccccc1. The van der Waals surface area contributed by atoms with Crippen LogP contribution >= 0.6 is 0 Å². The molecular weight excluding hydrogens is 597 g/mol. The lowest BCUT2D eigenvalue weighted by Crippen LogP contribution is -2.00. The molecule has 49 heavy (non-hydrogen) atoms. The van der Waals surface area contributed by atoms with Gasteiger partial charge in [-0.1, -0.05) is 104 Å². The van der Waals surface area contributed by atoms with Crippen LogP contribution in [-0.2, 0) is 0 Å². The molecule has 8 aromatic rings. The van der Waals surface area contributed by atoms with E-state index >= 15 is 0 Å². The third kappa shape index (κ3) is 4.91. The van der Waals surface area contributed by atoms with Gasteiger partial charge in [-0.25, -0.2) is 9.97 Å². The smallest absolute Gasteiger partial charge is 0.146 e. The number of allylic oxidation sites excluding steroid dienone is 8. The van der Waals surface area contributed by atoms with E-state index in [2.05, 4.69) is 168 Å². The Morgan fingerprint density at radius 3 is 2.14 bits per heavy atom. The molecule has 3 aromatic heterocycles. The lowest BCUT2D eigenvalue weighted by atomic mass is 9.89. The number of benzene rings is 5. The van der Waals surface area contributed by atoms with E-state index in [1.54, 1.807) is 0 Å². The van der Waals surface area contributed by atoms with Crippen LogP contribution in [-0.4, -0.2) is 18.9 Å². The van der Waals surface area contributed by atoms with Gasteiger partial charge < -0.3 is 0 Å². The van der Waals surface area contributed by atoms with Gasteiger partial charge in [0, 0.05) is 16.5 Å². The molecule has 0 bridgehead atoms. The summed E-state index contributed by atoms with van der Waals surface area (Å²) in [6, 6.07) is 43.0. The maximum Gasteiger partial charge on any atom is 0.146 e. The molecule has 0 radical (unpaired) electrons. The molecule has 1 aliphatic rings. The van der Waals surface area contributed by atoms with Crippen molar-refractivity contribution in [2.75, 3.05) is 0 Å². The standard InChI is InChI=1S/C45H36N4/c1-3-31(44-46-39-16-8-11-19-42(39)48(44)35-13-5-4-6-14-35)22-21-30(2)32-23-25-33(26-24-32)34-27-28-37-38(29-34)36-15-7-10-18-41(36)49-43-20-12-9-17-40(43)47-45(37)49/h4-23,25,27-29H,3,24,26H2,1-2H3/b30-21+,31-22+. The first-order valence-electron chi connectivity index (χ1n) is 17.2. The molecule has 1 aliphatic carbocycles. The van der Waals surface area contributed by atoms with Crippen molar-refractivity contribution < 1.29 is 0 Å². The molecule has 5 aromatic carbocycles. The van der Waals surface area contributed by atoms with Crippen LogP contribution in [0, 0.1) is 0 Å². The number of hydrogen-bond acceptors (Lipinski definition) is 2. The molecule has 236 valence electrons. The number of nitrogens with zero attached hydrogens (tertiary/aromatic N) is 4. The Morgan fingerprint density at radius 2 is 1.37 bits per heavy atom. The predicted octanol–water partition coefficient (Wildman–Crippen LogP) is 11.7. The fourth-order valence-corrected chi connectivity index (χ4v) is 7.48. The van der Waals surface area contributed by atoms with Crippen LogP contribution in [0.2, 0.25) is 0 Å². The van der Waals surface area contributed by atoms with E-state index < -0.39 is 0 Å². The fraction of sp³-hybridized carbons (Fsp3) is 0.111. The largest absolute Gasteiger partial charge is 0.293 e. The zero-order chi connectivity index (χ0) is 32.9. The number of pyridine rings is 1. The van der Waals surface area contributed by atoms with Crippen molar-refractivity contribution in [1.29, 1.82) is 0 Å². The second-order valence-corrected chi connectivity index (χ2v) is 12.9. The Hall–Kier alpha value is -6.00. The molecule has 0 fully saturated rings. The number of hydrogen-bond donors (Lipinski definition) is 0. The van der Waals surface area contributed by atoms with Gasteiger partial charge in [-0.05, 0) is 108 Å². The summed E-state index contributed by atoms with van der Waals surface area (Å²) in [6.45, 7) is 4.45. The van der Waals surface area contributed by atoms with Gasteiger partial charge in [0.15, 0.2) is 0 Å². The Labute approximate surface area is 285 Å². The van der Waals surface area contributed by atoms with E-state index in [0.29, 0.717) is 0 Å². The van der Waals surface area contributed by atoms with Crippen molar-refractivity contribution in [3.05, 3.63) is 168 Å². The molecule has 0 aliphatic heterocycles. The molecule has 3 heterocycles. The van der Waals surface area contributed by atoms with Crippen LogP contribution < -0.4 is 0 Å². The highest BCUT2D eigenvalue weighted by atomic mass is 15.1. The van der Waals surface area contributed by atoms with Crippen molar-refractivity contribution in [2.24, 2.45) is 0 Å². The summed E-state index contributed by atoms with van der Waals surface area (Å²) in [5.41, 5.74) is 14.2. The molecule has 0 spiro atoms. The fourth-order valence-electron chi connectivity index (χ4n) is 7.48. The summed E-state index contributed by atoms with van der Waals surface area (Å²) in [7, 11) is 0. The quantitative estimate of drug-likeness (QED) is 0.135. The van der Waals surface area contributed by atoms with E-state index in [0.717, 1.165) is 58.5 Å². The second-order valence-electron chi connectivity index (χ2n) is 12.9. The van der Waals surface area contributed by atoms with E-state index in [1.807, 2.05) is 0 Å². The molecular formula is C45H36N4. The number of aromatic nitrogens is 4. The molecule has 0 saturated carbocycles. The van der Waals surface area contributed by atoms with E-state index in [4.69, 9.17) is 9.97 Å². The van der Waals surface area contributed by atoms with Gasteiger partial charge in [0.1, 0.15) is 11.5 Å². The second kappa shape index (κ2) is 11.9. The molecule has 0 unspecified atom stereocenters. The Morgan fingerprint density at radius 1 is 0.653 bits per heavy atom. The summed E-state index contributed by atoms with van der Waals surface area (Å²) < 4.78 is 4.60. The number of imidazole rings is 2. The monoisotopic (exact) mass is 632 g/mol. The molecule has 0 amide bonds. The van der Waals surface area contributed by atoms with Crippen molar-refractivity contribution in [3.63, 3.8) is 0 Å². The van der Waals surface area contributed by atoms with Gasteiger partial charge in [0.25, 0.3) is 0 Å². The molecule has 0 N–H and O–H groups in total. The van der Waals surface area contributed by atoms with Crippen LogP contribution in [0.5, 0.6) is 0 Å². The van der Waals surface area contributed by atoms with Crippen LogP contribution in [0.3, 0.4) is 0 Å². The zero-order valence-corrected chi connectivity index (χ0v) is 27.8. The van der Waals surface area contributed by atoms with Crippen molar-refractivity contribution in [3.8, 4) is 5.69 Å². The lowest BCUT2D eigenvalue weighted by molar-refractivity contribution is 0.983. The molecule has 4 heteroatoms. The van der Waals surface area contributed by atoms with Gasteiger partial charge in [0.05, 0.1) is 27.6 Å². The minimum absolute atomic E-state index is 0.890. The summed E-state index contributed by atoms with van der Waals surface area (Å²) >= 11 is 0. The first kappa shape index (κ1) is 29.2. The van der Waals surface area contributed by atoms with Crippen molar-refractivity contribution >= 4 is 60.5 Å². The van der Waals surface area contributed by atoms with E-state index in [9.17, 15) is 0 Å². The Kier molecular flexibility index (Phi) is 7.09.